The molecule has 0 unspecified atom stereocenters. The summed E-state index contributed by atoms with van der Waals surface area (Å²) in [5, 5.41) is 27.9. The second-order valence-electron chi connectivity index (χ2n) is 13.5. The Morgan fingerprint density at radius 3 is 2.17 bits per heavy atom. The zero-order chi connectivity index (χ0) is 33.5. The molecule has 256 valence electrons. The summed E-state index contributed by atoms with van der Waals surface area (Å²) in [6.07, 6.45) is 12.6. The minimum atomic E-state index is -1.11. The minimum Gasteiger partial charge on any atom is -0.390 e. The minimum absolute atomic E-state index is 0.00372. The van der Waals surface area contributed by atoms with Crippen molar-refractivity contribution >= 4 is 17.7 Å². The van der Waals surface area contributed by atoms with Crippen LogP contribution in [0.15, 0.2) is 30.3 Å². The summed E-state index contributed by atoms with van der Waals surface area (Å²) in [5.41, 5.74) is 0.916. The summed E-state index contributed by atoms with van der Waals surface area (Å²) < 4.78 is 0. The van der Waals surface area contributed by atoms with Crippen LogP contribution < -0.4 is 10.6 Å². The quantitative estimate of drug-likeness (QED) is 0.162. The first-order valence-electron chi connectivity index (χ1n) is 17.6. The zero-order valence-corrected chi connectivity index (χ0v) is 28.3. The fourth-order valence-electron chi connectivity index (χ4n) is 6.55. The standard InChI is InChI=1S/C37H58N4O5/c1-5-14-31(37(46)39-32(24-28-17-12-9-13-18-28)35(44)33(42)25-29-19-20-29)38-36(45)30(23-27-15-10-8-11-16-27)26-34(43)40(4)21-22-41(6-2)7-3/h1,8,10-11,15-16,28-33,35,42,44H,6-7,9,12-14,17-26H2,2-4H3,(H,38,45)(H,39,46)/t30-,31+,32+,33+,35-/m1/s1. The average Bonchev–Trinajstić information content (AvgIpc) is 3.88. The highest BCUT2D eigenvalue weighted by Gasteiger charge is 2.36. The number of carbonyl (C=O) groups excluding carboxylic acids is 3. The highest BCUT2D eigenvalue weighted by Crippen LogP contribution is 2.35. The molecule has 5 atom stereocenters. The number of rotatable bonds is 20. The molecule has 1 aromatic carbocycles. The van der Waals surface area contributed by atoms with E-state index in [1.54, 1.807) is 11.9 Å². The van der Waals surface area contributed by atoms with Crippen LogP contribution in [-0.4, -0.2) is 95.3 Å². The van der Waals surface area contributed by atoms with Gasteiger partial charge in [0.05, 0.1) is 18.1 Å². The summed E-state index contributed by atoms with van der Waals surface area (Å²) in [6, 6.07) is 7.85. The van der Waals surface area contributed by atoms with Crippen LogP contribution in [0.4, 0.5) is 0 Å². The van der Waals surface area contributed by atoms with Gasteiger partial charge in [-0.25, -0.2) is 0 Å². The van der Waals surface area contributed by atoms with Gasteiger partial charge < -0.3 is 30.6 Å². The lowest BCUT2D eigenvalue weighted by Gasteiger charge is -2.33. The number of aliphatic hydroxyl groups excluding tert-OH is 2. The Hall–Kier alpha value is -2.93. The van der Waals surface area contributed by atoms with Gasteiger partial charge in [0.1, 0.15) is 12.1 Å². The third-order valence-electron chi connectivity index (χ3n) is 9.86. The van der Waals surface area contributed by atoms with Crippen LogP contribution in [0.2, 0.25) is 0 Å². The Labute approximate surface area is 276 Å². The van der Waals surface area contributed by atoms with Gasteiger partial charge in [-0.1, -0.05) is 89.1 Å². The predicted octanol–water partition coefficient (Wildman–Crippen LogP) is 3.52. The van der Waals surface area contributed by atoms with Crippen molar-refractivity contribution in [3.8, 4) is 12.3 Å². The van der Waals surface area contributed by atoms with Gasteiger partial charge in [-0.2, -0.15) is 0 Å². The largest absolute Gasteiger partial charge is 0.390 e. The third-order valence-corrected chi connectivity index (χ3v) is 9.86. The van der Waals surface area contributed by atoms with E-state index in [4.69, 9.17) is 6.42 Å². The van der Waals surface area contributed by atoms with E-state index in [9.17, 15) is 24.6 Å². The lowest BCUT2D eigenvalue weighted by molar-refractivity contribution is -0.137. The second-order valence-corrected chi connectivity index (χ2v) is 13.5. The summed E-state index contributed by atoms with van der Waals surface area (Å²) in [6.45, 7) is 7.27. The van der Waals surface area contributed by atoms with Gasteiger partial charge in [0.15, 0.2) is 0 Å². The Morgan fingerprint density at radius 2 is 1.57 bits per heavy atom. The van der Waals surface area contributed by atoms with Gasteiger partial charge in [0.2, 0.25) is 17.7 Å². The smallest absolute Gasteiger partial charge is 0.243 e. The maximum atomic E-state index is 13.8. The van der Waals surface area contributed by atoms with Crippen LogP contribution in [0.1, 0.15) is 90.0 Å². The number of nitrogens with zero attached hydrogens (tertiary/aromatic N) is 2. The molecular weight excluding hydrogens is 580 g/mol. The maximum absolute atomic E-state index is 13.8. The van der Waals surface area contributed by atoms with Crippen molar-refractivity contribution in [3.05, 3.63) is 35.9 Å². The normalized spacial score (nSPS) is 18.5. The van der Waals surface area contributed by atoms with Crippen molar-refractivity contribution in [3.63, 3.8) is 0 Å². The fraction of sp³-hybridized carbons (Fsp3) is 0.703. The van der Waals surface area contributed by atoms with Gasteiger partial charge in [0, 0.05) is 33.0 Å². The molecule has 0 radical (unpaired) electrons. The molecule has 9 heteroatoms. The van der Waals surface area contributed by atoms with Crippen molar-refractivity contribution in [1.82, 2.24) is 20.4 Å². The molecular formula is C37H58N4O5. The fourth-order valence-corrected chi connectivity index (χ4v) is 6.55. The highest BCUT2D eigenvalue weighted by atomic mass is 16.3. The van der Waals surface area contributed by atoms with Crippen LogP contribution in [0.3, 0.4) is 0 Å². The molecule has 1 aromatic rings. The van der Waals surface area contributed by atoms with Crippen molar-refractivity contribution in [1.29, 1.82) is 0 Å². The lowest BCUT2D eigenvalue weighted by Crippen LogP contribution is -2.56. The van der Waals surface area contributed by atoms with E-state index in [2.05, 4.69) is 35.3 Å². The zero-order valence-electron chi connectivity index (χ0n) is 28.3. The molecule has 0 aromatic heterocycles. The van der Waals surface area contributed by atoms with Gasteiger partial charge in [0.25, 0.3) is 0 Å². The summed E-state index contributed by atoms with van der Waals surface area (Å²) in [5.74, 6) is 1.55. The summed E-state index contributed by atoms with van der Waals surface area (Å²) in [4.78, 5) is 44.7. The number of hydrogen-bond donors (Lipinski definition) is 4. The van der Waals surface area contributed by atoms with Crippen molar-refractivity contribution in [2.75, 3.05) is 33.2 Å². The second kappa shape index (κ2) is 19.7. The van der Waals surface area contributed by atoms with E-state index < -0.39 is 42.0 Å². The van der Waals surface area contributed by atoms with Gasteiger partial charge >= 0.3 is 0 Å². The molecule has 0 aliphatic heterocycles. The molecule has 2 aliphatic rings. The molecule has 3 amide bonds. The summed E-state index contributed by atoms with van der Waals surface area (Å²) in [7, 11) is 1.76. The average molecular weight is 639 g/mol. The van der Waals surface area contributed by atoms with Gasteiger partial charge in [-0.05, 0) is 49.8 Å². The Kier molecular flexibility index (Phi) is 16.0. The molecule has 0 spiro atoms. The van der Waals surface area contributed by atoms with Crippen molar-refractivity contribution in [2.45, 2.75) is 115 Å². The van der Waals surface area contributed by atoms with Crippen LogP contribution in [-0.2, 0) is 20.8 Å². The number of aliphatic hydroxyl groups is 2. The van der Waals surface area contributed by atoms with Crippen LogP contribution in [0, 0.1) is 30.1 Å². The Morgan fingerprint density at radius 1 is 0.913 bits per heavy atom. The number of amides is 3. The summed E-state index contributed by atoms with van der Waals surface area (Å²) >= 11 is 0. The topological polar surface area (TPSA) is 122 Å². The molecule has 0 heterocycles. The van der Waals surface area contributed by atoms with Gasteiger partial charge in [-0.3, -0.25) is 14.4 Å². The Balaban J connectivity index is 1.72. The Bertz CT molecular complexity index is 1110. The van der Waals surface area contributed by atoms with E-state index in [0.717, 1.165) is 63.7 Å². The maximum Gasteiger partial charge on any atom is 0.243 e. The molecule has 9 nitrogen and oxygen atoms in total. The molecule has 4 N–H and O–H groups in total. The SMILES string of the molecule is C#CC[C@H](NC(=O)[C@@H](CC(=O)N(C)CCN(CC)CC)Cc1ccccc1)C(=O)N[C@@H](CC1CCCCC1)[C@@H](O)[C@@H](O)CC1CC1. The van der Waals surface area contributed by atoms with E-state index in [0.29, 0.717) is 37.6 Å². The van der Waals surface area contributed by atoms with E-state index in [-0.39, 0.29) is 18.7 Å². The molecule has 2 saturated carbocycles. The van der Waals surface area contributed by atoms with Crippen LogP contribution in [0.5, 0.6) is 0 Å². The molecule has 2 fully saturated rings. The van der Waals surface area contributed by atoms with Crippen LogP contribution in [0.25, 0.3) is 0 Å². The van der Waals surface area contributed by atoms with Crippen molar-refractivity contribution < 1.29 is 24.6 Å². The first-order valence-corrected chi connectivity index (χ1v) is 17.6. The van der Waals surface area contributed by atoms with E-state index in [1.807, 2.05) is 30.3 Å². The molecule has 3 rings (SSSR count). The monoisotopic (exact) mass is 638 g/mol. The number of terminal acetylenes is 1. The van der Waals surface area contributed by atoms with Gasteiger partial charge in [-0.15, -0.1) is 12.3 Å². The first-order chi connectivity index (χ1) is 22.1. The first kappa shape index (κ1) is 37.5. The number of hydrogen-bond acceptors (Lipinski definition) is 6. The highest BCUT2D eigenvalue weighted by molar-refractivity contribution is 5.91. The molecule has 0 saturated heterocycles. The number of likely N-dealkylation sites (N-methyl/N-ethyl adjacent to an activating group) is 2. The number of benzene rings is 1. The van der Waals surface area contributed by atoms with Crippen LogP contribution >= 0.6 is 0 Å². The number of nitrogens with one attached hydrogen (secondary N) is 2. The lowest BCUT2D eigenvalue weighted by atomic mass is 9.82. The van der Waals surface area contributed by atoms with Crippen molar-refractivity contribution in [2.24, 2.45) is 17.8 Å². The molecule has 2 aliphatic carbocycles. The van der Waals surface area contributed by atoms with E-state index in [1.165, 1.54) is 6.42 Å². The number of carbonyl (C=O) groups is 3. The third kappa shape index (κ3) is 12.7. The predicted molar refractivity (Wildman–Crippen MR) is 182 cm³/mol. The van der Waals surface area contributed by atoms with E-state index >= 15 is 0 Å². The molecule has 0 bridgehead atoms. The molecule has 46 heavy (non-hydrogen) atoms.